The predicted octanol–water partition coefficient (Wildman–Crippen LogP) is 17.4. The van der Waals surface area contributed by atoms with Crippen molar-refractivity contribution < 1.29 is 27.4 Å². The number of allylic oxidation sites excluding steroid dienone is 8. The lowest BCUT2D eigenvalue weighted by atomic mass is 9.53. The molecule has 0 N–H and O–H groups in total. The standard InChI is InChI=1S/C71H65ClF3N5O3/c1-81-61-24-20-59(21-25-61)79(67-51-32-43-30-44(34-51)35-52(67)33-43)57-16-10-47(11-17-57)63(48-12-18-58(19-13-48)80(60-22-26-62(82-2)27-23-60)68-53-36-45-31-46(38-53)39-54(68)37-45)28-14-49-8-9-50(66(49)72)15-29-65-64(42-78)69(55(40-76)41-77)83-70(65,71(73,74)75)56-6-4-3-5-7-56/h3-7,10-29,43-46,51-54,67-68H,8-9,30-39H2,1-2H3/b29-15+,49-14+,63-28?. The SMILES string of the molecule is COc1ccc(N(c2ccc(C(=C/C=C3\CCC(/C=C/C4=C(C#N)C(=C(C#N)C#N)OC4(c4ccccc4)C(F)(F)F)=C3Cl)c3ccc(N(c4ccc(OC)cc4)C4C5CC6CC(C5)CC4C6)cc3)cc2)C2C3CC4CC(C3)CC2C4)cc1. The lowest BCUT2D eigenvalue weighted by Gasteiger charge is -2.57. The van der Waals surface area contributed by atoms with Crippen LogP contribution in [0.5, 0.6) is 11.5 Å². The Hall–Kier alpha value is -7.91. The summed E-state index contributed by atoms with van der Waals surface area (Å²) in [6, 6.07) is 47.9. The van der Waals surface area contributed by atoms with Gasteiger partial charge in [-0.3, -0.25) is 0 Å². The molecule has 0 spiro atoms. The van der Waals surface area contributed by atoms with E-state index in [9.17, 15) is 15.8 Å². The van der Waals surface area contributed by atoms with Crippen molar-refractivity contribution in [2.45, 2.75) is 101 Å². The van der Waals surface area contributed by atoms with E-state index in [-0.39, 0.29) is 5.56 Å². The monoisotopic (exact) mass is 1130 g/mol. The zero-order valence-electron chi connectivity index (χ0n) is 46.7. The molecule has 0 radical (unpaired) electrons. The summed E-state index contributed by atoms with van der Waals surface area (Å²) in [6.45, 7) is 0. The van der Waals surface area contributed by atoms with E-state index in [1.165, 1.54) is 101 Å². The minimum Gasteiger partial charge on any atom is -0.497 e. The van der Waals surface area contributed by atoms with Crippen LogP contribution >= 0.6 is 11.6 Å². The van der Waals surface area contributed by atoms with Gasteiger partial charge in [-0.05, 0) is 225 Å². The van der Waals surface area contributed by atoms with Crippen molar-refractivity contribution in [2.75, 3.05) is 24.0 Å². The molecule has 1 unspecified atom stereocenters. The molecule has 8 saturated carbocycles. The molecule has 10 aliphatic rings. The summed E-state index contributed by atoms with van der Waals surface area (Å²) in [5, 5.41) is 30.4. The van der Waals surface area contributed by atoms with E-state index in [0.29, 0.717) is 59.2 Å². The summed E-state index contributed by atoms with van der Waals surface area (Å²) < 4.78 is 63.9. The van der Waals surface area contributed by atoms with Crippen LogP contribution in [0.25, 0.3) is 5.57 Å². The van der Waals surface area contributed by atoms with Gasteiger partial charge in [0.25, 0.3) is 5.60 Å². The third-order valence-electron chi connectivity index (χ3n) is 20.0. The fourth-order valence-electron chi connectivity index (χ4n) is 16.9. The Labute approximate surface area is 489 Å². The second kappa shape index (κ2) is 22.0. The van der Waals surface area contributed by atoms with Crippen molar-refractivity contribution >= 4 is 39.9 Å². The Balaban J connectivity index is 0.892. The van der Waals surface area contributed by atoms with E-state index in [2.05, 4.69) is 113 Å². The molecule has 5 aromatic carbocycles. The third kappa shape index (κ3) is 9.71. The van der Waals surface area contributed by atoms with Gasteiger partial charge in [-0.1, -0.05) is 90.5 Å². The van der Waals surface area contributed by atoms with Crippen molar-refractivity contribution in [1.82, 2.24) is 0 Å². The zero-order valence-corrected chi connectivity index (χ0v) is 47.4. The number of benzene rings is 5. The highest BCUT2D eigenvalue weighted by molar-refractivity contribution is 6.33. The first kappa shape index (κ1) is 54.3. The maximum atomic E-state index is 15.7. The van der Waals surface area contributed by atoms with Gasteiger partial charge in [0.2, 0.25) is 0 Å². The van der Waals surface area contributed by atoms with E-state index in [1.54, 1.807) is 32.4 Å². The molecule has 0 saturated heterocycles. The minimum atomic E-state index is -5.11. The number of anilines is 4. The van der Waals surface area contributed by atoms with E-state index >= 15 is 13.2 Å². The number of hydrogen-bond donors (Lipinski definition) is 0. The largest absolute Gasteiger partial charge is 0.497 e. The van der Waals surface area contributed by atoms with Crippen LogP contribution in [0.4, 0.5) is 35.9 Å². The van der Waals surface area contributed by atoms with Crippen molar-refractivity contribution in [3.63, 3.8) is 0 Å². The summed E-state index contributed by atoms with van der Waals surface area (Å²) in [7, 11) is 3.41. The maximum absolute atomic E-state index is 15.7. The lowest BCUT2D eigenvalue weighted by Crippen LogP contribution is -2.54. The second-order valence-corrected chi connectivity index (χ2v) is 24.9. The number of alkyl halides is 3. The Kier molecular flexibility index (Phi) is 14.4. The molecule has 0 amide bonds. The topological polar surface area (TPSA) is 106 Å². The van der Waals surface area contributed by atoms with Crippen molar-refractivity contribution in [3.8, 4) is 29.7 Å². The summed E-state index contributed by atoms with van der Waals surface area (Å²) >= 11 is 7.27. The van der Waals surface area contributed by atoms with Gasteiger partial charge in [0.05, 0.1) is 14.2 Å². The fourth-order valence-corrected chi connectivity index (χ4v) is 17.2. The van der Waals surface area contributed by atoms with Crippen LogP contribution in [0.15, 0.2) is 190 Å². The van der Waals surface area contributed by atoms with Gasteiger partial charge in [0.15, 0.2) is 11.3 Å². The Morgan fingerprint density at radius 1 is 0.590 bits per heavy atom. The van der Waals surface area contributed by atoms with Crippen molar-refractivity contribution in [3.05, 3.63) is 207 Å². The van der Waals surface area contributed by atoms with Gasteiger partial charge < -0.3 is 24.0 Å². The molecule has 5 aromatic rings. The van der Waals surface area contributed by atoms with Gasteiger partial charge >= 0.3 is 6.18 Å². The van der Waals surface area contributed by atoms with Crippen LogP contribution in [-0.4, -0.2) is 32.5 Å². The number of ether oxygens (including phenoxy) is 3. The average molecular weight is 1130 g/mol. The fraction of sp³-hybridized carbons (Fsp3) is 0.366. The maximum Gasteiger partial charge on any atom is 0.437 e. The summed E-state index contributed by atoms with van der Waals surface area (Å²) in [6.07, 6.45) is 15.7. The molecule has 12 heteroatoms. The normalized spacial score (nSPS) is 28.7. The molecule has 1 aliphatic heterocycles. The molecule has 420 valence electrons. The quantitative estimate of drug-likeness (QED) is 0.101. The first-order chi connectivity index (χ1) is 40.4. The molecule has 8 nitrogen and oxygen atoms in total. The molecular weight excluding hydrogens is 1060 g/mol. The smallest absolute Gasteiger partial charge is 0.437 e. The summed E-state index contributed by atoms with van der Waals surface area (Å²) in [4.78, 5) is 5.23. The number of halogens is 4. The highest BCUT2D eigenvalue weighted by atomic mass is 35.5. The third-order valence-corrected chi connectivity index (χ3v) is 20.5. The van der Waals surface area contributed by atoms with Gasteiger partial charge in [0, 0.05) is 51.0 Å². The van der Waals surface area contributed by atoms with Gasteiger partial charge in [0.1, 0.15) is 35.3 Å². The van der Waals surface area contributed by atoms with Crippen molar-refractivity contribution in [2.24, 2.45) is 47.3 Å². The number of nitriles is 3. The van der Waals surface area contributed by atoms with Crippen LogP contribution in [0.3, 0.4) is 0 Å². The molecule has 0 aromatic heterocycles. The zero-order chi connectivity index (χ0) is 57.1. The first-order valence-electron chi connectivity index (χ1n) is 29.4. The van der Waals surface area contributed by atoms with Gasteiger partial charge in [-0.15, -0.1) is 0 Å². The second-order valence-electron chi connectivity index (χ2n) is 24.5. The number of rotatable bonds is 14. The van der Waals surface area contributed by atoms with E-state index in [4.69, 9.17) is 25.8 Å². The van der Waals surface area contributed by atoms with Gasteiger partial charge in [-0.25, -0.2) is 0 Å². The lowest BCUT2D eigenvalue weighted by molar-refractivity contribution is -0.249. The minimum absolute atomic E-state index is 0.307. The molecule has 8 fully saturated rings. The highest BCUT2D eigenvalue weighted by Gasteiger charge is 2.65. The molecule has 1 heterocycles. The summed E-state index contributed by atoms with van der Waals surface area (Å²) in [5.74, 6) is 6.80. The molecule has 9 aliphatic carbocycles. The van der Waals surface area contributed by atoms with Crippen molar-refractivity contribution in [1.29, 1.82) is 15.8 Å². The molecule has 15 rings (SSSR count). The van der Waals surface area contributed by atoms with Crippen LogP contribution < -0.4 is 19.3 Å². The van der Waals surface area contributed by atoms with E-state index in [1.807, 2.05) is 12.1 Å². The van der Waals surface area contributed by atoms with Gasteiger partial charge in [-0.2, -0.15) is 29.0 Å². The van der Waals surface area contributed by atoms with E-state index in [0.717, 1.165) is 80.2 Å². The molecular formula is C71H65ClF3N5O3. The van der Waals surface area contributed by atoms with E-state index < -0.39 is 34.3 Å². The molecule has 83 heavy (non-hydrogen) atoms. The average Bonchev–Trinajstić information content (AvgIpc) is 2.19. The van der Waals surface area contributed by atoms with Crippen LogP contribution in [0.2, 0.25) is 0 Å². The van der Waals surface area contributed by atoms with Crippen LogP contribution in [0, 0.1) is 81.3 Å². The first-order valence-corrected chi connectivity index (χ1v) is 29.8. The number of nitrogens with zero attached hydrogens (tertiary/aromatic N) is 5. The Morgan fingerprint density at radius 3 is 1.42 bits per heavy atom. The molecule has 8 bridgehead atoms. The predicted molar refractivity (Wildman–Crippen MR) is 317 cm³/mol. The van der Waals surface area contributed by atoms with Crippen LogP contribution in [-0.2, 0) is 10.3 Å². The molecule has 1 atom stereocenters. The Bertz CT molecular complexity index is 3430. The Morgan fingerprint density at radius 2 is 1.02 bits per heavy atom. The van der Waals surface area contributed by atoms with Crippen LogP contribution in [0.1, 0.15) is 93.7 Å². The number of methoxy groups -OCH3 is 2. The summed E-state index contributed by atoms with van der Waals surface area (Å²) in [5.41, 5.74) is 3.70. The number of hydrogen-bond acceptors (Lipinski definition) is 8. The highest BCUT2D eigenvalue weighted by Crippen LogP contribution is 2.60.